The Morgan fingerprint density at radius 3 is 2.74 bits per heavy atom. The van der Waals surface area contributed by atoms with Gasteiger partial charge in [0.05, 0.1) is 0 Å². The van der Waals surface area contributed by atoms with Gasteiger partial charge in [-0.1, -0.05) is 18.2 Å². The minimum atomic E-state index is -0.271. The Morgan fingerprint density at radius 2 is 2.05 bits per heavy atom. The molecule has 6 heteroatoms. The summed E-state index contributed by atoms with van der Waals surface area (Å²) in [6.07, 6.45) is 1.40. The molecule has 1 aromatic carbocycles. The van der Waals surface area contributed by atoms with Crippen LogP contribution in [0.1, 0.15) is 15.9 Å². The SMILES string of the molecule is CNC(=O)c1cnc(Cl)nc1Nc1ccccc1C. The van der Waals surface area contributed by atoms with Gasteiger partial charge in [0.1, 0.15) is 11.4 Å². The first kappa shape index (κ1) is 13.3. The van der Waals surface area contributed by atoms with Gasteiger partial charge in [0.2, 0.25) is 5.28 Å². The number of nitrogens with zero attached hydrogens (tertiary/aromatic N) is 2. The molecule has 5 nitrogen and oxygen atoms in total. The van der Waals surface area contributed by atoms with Crippen LogP contribution < -0.4 is 10.6 Å². The molecule has 1 aromatic heterocycles. The average molecular weight is 277 g/mol. The zero-order chi connectivity index (χ0) is 13.8. The van der Waals surface area contributed by atoms with Gasteiger partial charge in [0.25, 0.3) is 5.91 Å². The van der Waals surface area contributed by atoms with Gasteiger partial charge >= 0.3 is 0 Å². The van der Waals surface area contributed by atoms with E-state index in [-0.39, 0.29) is 11.2 Å². The van der Waals surface area contributed by atoms with Gasteiger partial charge in [-0.15, -0.1) is 0 Å². The molecule has 0 radical (unpaired) electrons. The van der Waals surface area contributed by atoms with Gasteiger partial charge < -0.3 is 10.6 Å². The van der Waals surface area contributed by atoms with Crippen molar-refractivity contribution in [3.63, 3.8) is 0 Å². The lowest BCUT2D eigenvalue weighted by atomic mass is 10.2. The first-order valence-corrected chi connectivity index (χ1v) is 6.07. The second kappa shape index (κ2) is 5.67. The Morgan fingerprint density at radius 1 is 1.32 bits per heavy atom. The number of aryl methyl sites for hydroxylation is 1. The fourth-order valence-corrected chi connectivity index (χ4v) is 1.73. The number of halogens is 1. The molecule has 0 bridgehead atoms. The molecule has 0 saturated carbocycles. The summed E-state index contributed by atoms with van der Waals surface area (Å²) >= 11 is 5.78. The Bertz CT molecular complexity index is 615. The summed E-state index contributed by atoms with van der Waals surface area (Å²) in [5, 5.41) is 5.73. The van der Waals surface area contributed by atoms with E-state index in [2.05, 4.69) is 20.6 Å². The van der Waals surface area contributed by atoms with Crippen LogP contribution in [0, 0.1) is 6.92 Å². The van der Waals surface area contributed by atoms with Crippen molar-refractivity contribution in [2.24, 2.45) is 0 Å². The fourth-order valence-electron chi connectivity index (χ4n) is 1.60. The Labute approximate surface area is 116 Å². The Hall–Kier alpha value is -2.14. The third kappa shape index (κ3) is 3.00. The molecule has 19 heavy (non-hydrogen) atoms. The second-order valence-corrected chi connectivity index (χ2v) is 4.26. The van der Waals surface area contributed by atoms with E-state index in [4.69, 9.17) is 11.6 Å². The van der Waals surface area contributed by atoms with Crippen molar-refractivity contribution in [3.8, 4) is 0 Å². The number of benzene rings is 1. The van der Waals surface area contributed by atoms with Crippen molar-refractivity contribution in [1.29, 1.82) is 0 Å². The summed E-state index contributed by atoms with van der Waals surface area (Å²) in [7, 11) is 1.55. The predicted molar refractivity (Wildman–Crippen MR) is 74.9 cm³/mol. The van der Waals surface area contributed by atoms with Crippen LogP contribution in [0.15, 0.2) is 30.5 Å². The number of amides is 1. The maximum Gasteiger partial charge on any atom is 0.256 e. The van der Waals surface area contributed by atoms with Gasteiger partial charge in [-0.25, -0.2) is 4.98 Å². The van der Waals surface area contributed by atoms with E-state index in [0.717, 1.165) is 11.3 Å². The van der Waals surface area contributed by atoms with E-state index < -0.39 is 0 Å². The molecular formula is C13H13ClN4O. The number of hydrogen-bond acceptors (Lipinski definition) is 4. The van der Waals surface area contributed by atoms with Gasteiger partial charge in [-0.2, -0.15) is 4.98 Å². The highest BCUT2D eigenvalue weighted by Gasteiger charge is 2.13. The lowest BCUT2D eigenvalue weighted by Crippen LogP contribution is -2.20. The quantitative estimate of drug-likeness (QED) is 0.846. The summed E-state index contributed by atoms with van der Waals surface area (Å²) in [4.78, 5) is 19.6. The number of hydrogen-bond donors (Lipinski definition) is 2. The number of anilines is 2. The molecule has 0 spiro atoms. The van der Waals surface area contributed by atoms with Crippen LogP contribution in [0.4, 0.5) is 11.5 Å². The molecule has 2 N–H and O–H groups in total. The minimum absolute atomic E-state index is 0.0868. The summed E-state index contributed by atoms with van der Waals surface area (Å²) in [6, 6.07) is 7.70. The van der Waals surface area contributed by atoms with E-state index in [1.807, 2.05) is 31.2 Å². The van der Waals surface area contributed by atoms with E-state index in [1.54, 1.807) is 7.05 Å². The van der Waals surface area contributed by atoms with Crippen LogP contribution in [0.2, 0.25) is 5.28 Å². The normalized spacial score (nSPS) is 10.1. The second-order valence-electron chi connectivity index (χ2n) is 3.92. The summed E-state index contributed by atoms with van der Waals surface area (Å²) in [5.74, 6) is 0.112. The van der Waals surface area contributed by atoms with Crippen molar-refractivity contribution in [2.75, 3.05) is 12.4 Å². The fraction of sp³-hybridized carbons (Fsp3) is 0.154. The largest absolute Gasteiger partial charge is 0.355 e. The highest BCUT2D eigenvalue weighted by Crippen LogP contribution is 2.22. The summed E-state index contributed by atoms with van der Waals surface area (Å²) < 4.78 is 0. The first-order chi connectivity index (χ1) is 9.11. The van der Waals surface area contributed by atoms with Crippen molar-refractivity contribution in [3.05, 3.63) is 46.9 Å². The van der Waals surface area contributed by atoms with Crippen LogP contribution in [0.5, 0.6) is 0 Å². The Balaban J connectivity index is 2.41. The van der Waals surface area contributed by atoms with E-state index in [0.29, 0.717) is 11.4 Å². The molecule has 0 fully saturated rings. The van der Waals surface area contributed by atoms with Crippen LogP contribution in [0.25, 0.3) is 0 Å². The number of nitrogens with one attached hydrogen (secondary N) is 2. The minimum Gasteiger partial charge on any atom is -0.355 e. The lowest BCUT2D eigenvalue weighted by Gasteiger charge is -2.11. The maximum atomic E-state index is 11.7. The average Bonchev–Trinajstić information content (AvgIpc) is 2.41. The van der Waals surface area contributed by atoms with Gasteiger partial charge in [0.15, 0.2) is 0 Å². The van der Waals surface area contributed by atoms with Crippen LogP contribution in [-0.4, -0.2) is 22.9 Å². The lowest BCUT2D eigenvalue weighted by molar-refractivity contribution is 0.0963. The Kier molecular flexibility index (Phi) is 3.97. The maximum absolute atomic E-state index is 11.7. The number of carbonyl (C=O) groups excluding carboxylic acids is 1. The first-order valence-electron chi connectivity index (χ1n) is 5.69. The van der Waals surface area contributed by atoms with Crippen molar-refractivity contribution >= 4 is 29.0 Å². The smallest absolute Gasteiger partial charge is 0.256 e. The zero-order valence-corrected chi connectivity index (χ0v) is 11.3. The zero-order valence-electron chi connectivity index (χ0n) is 10.6. The molecule has 0 aliphatic rings. The van der Waals surface area contributed by atoms with Gasteiger partial charge in [0, 0.05) is 18.9 Å². The van der Waals surface area contributed by atoms with E-state index in [1.165, 1.54) is 6.20 Å². The molecular weight excluding hydrogens is 264 g/mol. The van der Waals surface area contributed by atoms with Crippen LogP contribution in [-0.2, 0) is 0 Å². The standard InChI is InChI=1S/C13H13ClN4O/c1-8-5-3-4-6-10(8)17-11-9(12(19)15-2)7-16-13(14)18-11/h3-7H,1-2H3,(H,15,19)(H,16,17,18). The van der Waals surface area contributed by atoms with Gasteiger partial charge in [-0.3, -0.25) is 4.79 Å². The highest BCUT2D eigenvalue weighted by atomic mass is 35.5. The summed E-state index contributed by atoms with van der Waals surface area (Å²) in [6.45, 7) is 1.96. The monoisotopic (exact) mass is 276 g/mol. The van der Waals surface area contributed by atoms with E-state index in [9.17, 15) is 4.79 Å². The molecule has 1 amide bonds. The number of para-hydroxylation sites is 1. The van der Waals surface area contributed by atoms with Crippen LogP contribution in [0.3, 0.4) is 0 Å². The number of aromatic nitrogens is 2. The van der Waals surface area contributed by atoms with E-state index >= 15 is 0 Å². The van der Waals surface area contributed by atoms with Crippen molar-refractivity contribution in [2.45, 2.75) is 6.92 Å². The number of carbonyl (C=O) groups is 1. The molecule has 1 heterocycles. The molecule has 0 unspecified atom stereocenters. The van der Waals surface area contributed by atoms with Gasteiger partial charge in [-0.05, 0) is 30.2 Å². The predicted octanol–water partition coefficient (Wildman–Crippen LogP) is 2.54. The van der Waals surface area contributed by atoms with Crippen molar-refractivity contribution in [1.82, 2.24) is 15.3 Å². The molecule has 0 atom stereocenters. The number of rotatable bonds is 3. The topological polar surface area (TPSA) is 66.9 Å². The summed E-state index contributed by atoms with van der Waals surface area (Å²) in [5.41, 5.74) is 2.25. The third-order valence-corrected chi connectivity index (χ3v) is 2.81. The molecule has 0 saturated heterocycles. The third-order valence-electron chi connectivity index (χ3n) is 2.63. The molecule has 0 aliphatic carbocycles. The van der Waals surface area contributed by atoms with Crippen LogP contribution >= 0.6 is 11.6 Å². The molecule has 2 aromatic rings. The highest BCUT2D eigenvalue weighted by molar-refractivity contribution is 6.28. The molecule has 2 rings (SSSR count). The molecule has 98 valence electrons. The van der Waals surface area contributed by atoms with Crippen molar-refractivity contribution < 1.29 is 4.79 Å². The molecule has 0 aliphatic heterocycles.